The number of hydrogen-bond acceptors (Lipinski definition) is 5. The number of piperidine rings is 1. The van der Waals surface area contributed by atoms with E-state index in [1.54, 1.807) is 34.9 Å². The smallest absolute Gasteiger partial charge is 0.258 e. The van der Waals surface area contributed by atoms with Crippen LogP contribution in [0.3, 0.4) is 0 Å². The van der Waals surface area contributed by atoms with E-state index in [-0.39, 0.29) is 11.5 Å². The van der Waals surface area contributed by atoms with Crippen molar-refractivity contribution in [2.45, 2.75) is 19.4 Å². The summed E-state index contributed by atoms with van der Waals surface area (Å²) in [5.74, 6) is 1.27. The van der Waals surface area contributed by atoms with Gasteiger partial charge in [-0.1, -0.05) is 6.07 Å². The van der Waals surface area contributed by atoms with Crippen LogP contribution in [-0.4, -0.2) is 49.7 Å². The Morgan fingerprint density at radius 1 is 1.03 bits per heavy atom. The van der Waals surface area contributed by atoms with Crippen molar-refractivity contribution >= 4 is 22.4 Å². The summed E-state index contributed by atoms with van der Waals surface area (Å²) in [7, 11) is 5.21. The molecular formula is C25H29N3O4. The first-order chi connectivity index (χ1) is 15.5. The number of carbonyl (C=O) groups excluding carboxylic acids is 1. The van der Waals surface area contributed by atoms with Gasteiger partial charge >= 0.3 is 0 Å². The molecule has 4 rings (SSSR count). The number of hydrogen-bond donors (Lipinski definition) is 1. The van der Waals surface area contributed by atoms with Crippen molar-refractivity contribution in [3.63, 3.8) is 0 Å². The minimum absolute atomic E-state index is 0.0272. The summed E-state index contributed by atoms with van der Waals surface area (Å²) in [6.45, 7) is 2.86. The van der Waals surface area contributed by atoms with E-state index in [0.29, 0.717) is 34.1 Å². The number of likely N-dealkylation sites (tertiary alicyclic amines) is 1. The van der Waals surface area contributed by atoms with Crippen molar-refractivity contribution in [2.24, 2.45) is 5.92 Å². The second-order valence-electron chi connectivity index (χ2n) is 8.34. The van der Waals surface area contributed by atoms with Crippen LogP contribution in [0.4, 0.5) is 5.69 Å². The topological polar surface area (TPSA) is 72.8 Å². The van der Waals surface area contributed by atoms with Crippen LogP contribution in [0.1, 0.15) is 23.2 Å². The fourth-order valence-corrected chi connectivity index (χ4v) is 4.23. The number of nitrogens with one attached hydrogen (secondary N) is 1. The number of nitrogens with zero attached hydrogens (tertiary/aromatic N) is 2. The molecule has 7 nitrogen and oxygen atoms in total. The quantitative estimate of drug-likeness (QED) is 0.640. The molecule has 7 heteroatoms. The highest BCUT2D eigenvalue weighted by atomic mass is 16.5. The molecule has 0 radical (unpaired) electrons. The average molecular weight is 436 g/mol. The molecule has 0 saturated carbocycles. The molecule has 1 saturated heterocycles. The molecule has 1 amide bonds. The van der Waals surface area contributed by atoms with Crippen LogP contribution in [-0.2, 0) is 6.54 Å². The molecule has 2 heterocycles. The largest absolute Gasteiger partial charge is 0.497 e. The summed E-state index contributed by atoms with van der Waals surface area (Å²) in [5, 5.41) is 4.25. The molecule has 168 valence electrons. The number of ether oxygens (including phenoxy) is 2. The summed E-state index contributed by atoms with van der Waals surface area (Å²) in [6, 6.07) is 12.3. The van der Waals surface area contributed by atoms with Crippen molar-refractivity contribution in [3.05, 3.63) is 64.6 Å². The van der Waals surface area contributed by atoms with Gasteiger partial charge in [-0.15, -0.1) is 0 Å². The van der Waals surface area contributed by atoms with Gasteiger partial charge in [-0.05, 0) is 69.2 Å². The van der Waals surface area contributed by atoms with Crippen LogP contribution in [0.5, 0.6) is 11.5 Å². The first kappa shape index (κ1) is 21.9. The number of rotatable bonds is 6. The number of pyridine rings is 1. The highest BCUT2D eigenvalue weighted by Gasteiger charge is 2.18. The Hall–Kier alpha value is -3.32. The Labute approximate surface area is 187 Å². The third-order valence-electron chi connectivity index (χ3n) is 6.17. The van der Waals surface area contributed by atoms with Gasteiger partial charge in [0.05, 0.1) is 14.2 Å². The van der Waals surface area contributed by atoms with Gasteiger partial charge in [-0.3, -0.25) is 9.59 Å². The predicted octanol–water partition coefficient (Wildman–Crippen LogP) is 3.61. The van der Waals surface area contributed by atoms with Crippen LogP contribution < -0.4 is 20.3 Å². The third-order valence-corrected chi connectivity index (χ3v) is 6.17. The third kappa shape index (κ3) is 4.62. The van der Waals surface area contributed by atoms with Gasteiger partial charge in [0.2, 0.25) is 0 Å². The van der Waals surface area contributed by atoms with Crippen LogP contribution in [0.15, 0.2) is 53.5 Å². The van der Waals surface area contributed by atoms with Crippen molar-refractivity contribution in [1.82, 2.24) is 9.47 Å². The average Bonchev–Trinajstić information content (AvgIpc) is 2.82. The maximum atomic E-state index is 13.1. The normalized spacial score (nSPS) is 15.0. The van der Waals surface area contributed by atoms with Gasteiger partial charge < -0.3 is 24.3 Å². The number of methoxy groups -OCH3 is 2. The first-order valence-electron chi connectivity index (χ1n) is 10.8. The van der Waals surface area contributed by atoms with E-state index in [1.165, 1.54) is 14.2 Å². The van der Waals surface area contributed by atoms with Crippen LogP contribution in [0, 0.1) is 5.92 Å². The number of amides is 1. The molecule has 0 bridgehead atoms. The molecule has 1 aliphatic heterocycles. The monoisotopic (exact) mass is 435 g/mol. The molecule has 2 aromatic carbocycles. The maximum Gasteiger partial charge on any atom is 0.258 e. The molecular weight excluding hydrogens is 406 g/mol. The Bertz CT molecular complexity index is 1160. The molecule has 0 unspecified atom stereocenters. The summed E-state index contributed by atoms with van der Waals surface area (Å²) >= 11 is 0. The predicted molar refractivity (Wildman–Crippen MR) is 126 cm³/mol. The van der Waals surface area contributed by atoms with Crippen molar-refractivity contribution in [1.29, 1.82) is 0 Å². The zero-order valence-electron chi connectivity index (χ0n) is 18.8. The number of benzene rings is 2. The van der Waals surface area contributed by atoms with Gasteiger partial charge in [0.1, 0.15) is 11.5 Å². The molecule has 32 heavy (non-hydrogen) atoms. The lowest BCUT2D eigenvalue weighted by atomic mass is 9.97. The summed E-state index contributed by atoms with van der Waals surface area (Å²) in [5.41, 5.74) is 0.979. The van der Waals surface area contributed by atoms with Crippen LogP contribution in [0.2, 0.25) is 0 Å². The standard InChI is InChI=1S/C25H29N3O4/c1-27-10-7-17(8-11-27)16-28-12-9-21-22(25(28)30)5-4-6-23(21)26-24(29)18-13-19(31-2)15-20(14-18)32-3/h4-6,9,12-15,17H,7-8,10-11,16H2,1-3H3,(H,26,29). The Morgan fingerprint density at radius 3 is 2.38 bits per heavy atom. The SMILES string of the molecule is COc1cc(OC)cc(C(=O)Nc2cccc3c(=O)n(CC4CCN(C)CC4)ccc23)c1. The Kier molecular flexibility index (Phi) is 6.46. The van der Waals surface area contributed by atoms with Crippen molar-refractivity contribution in [3.8, 4) is 11.5 Å². The molecule has 0 atom stereocenters. The van der Waals surface area contributed by atoms with E-state index in [0.717, 1.165) is 37.9 Å². The van der Waals surface area contributed by atoms with Gasteiger partial charge in [0.25, 0.3) is 11.5 Å². The number of aromatic nitrogens is 1. The van der Waals surface area contributed by atoms with E-state index in [2.05, 4.69) is 17.3 Å². The summed E-state index contributed by atoms with van der Waals surface area (Å²) < 4.78 is 12.3. The molecule has 1 aromatic heterocycles. The van der Waals surface area contributed by atoms with Crippen molar-refractivity contribution < 1.29 is 14.3 Å². The Balaban J connectivity index is 1.60. The van der Waals surface area contributed by atoms with E-state index < -0.39 is 0 Å². The zero-order valence-corrected chi connectivity index (χ0v) is 18.8. The minimum atomic E-state index is -0.301. The van der Waals surface area contributed by atoms with Gasteiger partial charge in [0, 0.05) is 40.8 Å². The molecule has 0 spiro atoms. The van der Waals surface area contributed by atoms with Crippen LogP contribution in [0.25, 0.3) is 10.8 Å². The molecule has 1 aliphatic rings. The molecule has 3 aromatic rings. The highest BCUT2D eigenvalue weighted by Crippen LogP contribution is 2.26. The second kappa shape index (κ2) is 9.44. The summed E-state index contributed by atoms with van der Waals surface area (Å²) in [6.07, 6.45) is 4.04. The number of anilines is 1. The first-order valence-corrected chi connectivity index (χ1v) is 10.8. The minimum Gasteiger partial charge on any atom is -0.497 e. The van der Waals surface area contributed by atoms with Gasteiger partial charge in [-0.2, -0.15) is 0 Å². The lowest BCUT2D eigenvalue weighted by molar-refractivity contribution is 0.102. The lowest BCUT2D eigenvalue weighted by Crippen LogP contribution is -2.33. The van der Waals surface area contributed by atoms with E-state index in [4.69, 9.17) is 9.47 Å². The Morgan fingerprint density at radius 2 is 1.72 bits per heavy atom. The number of fused-ring (bicyclic) bond motifs is 1. The summed E-state index contributed by atoms with van der Waals surface area (Å²) in [4.78, 5) is 28.4. The van der Waals surface area contributed by atoms with E-state index in [1.807, 2.05) is 18.3 Å². The molecule has 1 N–H and O–H groups in total. The molecule has 1 fully saturated rings. The number of carbonyl (C=O) groups is 1. The van der Waals surface area contributed by atoms with E-state index >= 15 is 0 Å². The fourth-order valence-electron chi connectivity index (χ4n) is 4.23. The lowest BCUT2D eigenvalue weighted by Gasteiger charge is -2.29. The maximum absolute atomic E-state index is 13.1. The van der Waals surface area contributed by atoms with Crippen molar-refractivity contribution in [2.75, 3.05) is 39.7 Å². The second-order valence-corrected chi connectivity index (χ2v) is 8.34. The van der Waals surface area contributed by atoms with Crippen LogP contribution >= 0.6 is 0 Å². The fraction of sp³-hybridized carbons (Fsp3) is 0.360. The molecule has 0 aliphatic carbocycles. The van der Waals surface area contributed by atoms with E-state index in [9.17, 15) is 9.59 Å². The van der Waals surface area contributed by atoms with Gasteiger partial charge in [0.15, 0.2) is 0 Å². The van der Waals surface area contributed by atoms with Gasteiger partial charge in [-0.25, -0.2) is 0 Å². The highest BCUT2D eigenvalue weighted by molar-refractivity contribution is 6.09. The zero-order chi connectivity index (χ0) is 22.7.